The number of carboxylic acid groups (broad SMARTS) is 1. The number of hydrazine groups is 1. The molecular weight excluding hydrogens is 679 g/mol. The van der Waals surface area contributed by atoms with Crippen molar-refractivity contribution in [3.63, 3.8) is 0 Å². The van der Waals surface area contributed by atoms with E-state index in [9.17, 15) is 24.5 Å². The van der Waals surface area contributed by atoms with Crippen LogP contribution in [-0.4, -0.2) is 27.8 Å². The van der Waals surface area contributed by atoms with E-state index in [0.29, 0.717) is 22.3 Å². The standard InChI is InChI=1S/C16H16N2O2.C15H16.C14H11NO4/c1-11-3-7-13(8-4-11)15(19)17-18-16(20)14-9-5-12(2)6-10-14;1-11-4-7-14(8-5-11)15-9-6-12(2)13(3)10-15;1-9-2-3-12(8-13(9)15(18)19)10-4-6-11(7-5-10)14(16)17/h3-10H,1-2H3,(H,17,19)(H,18,20);4-10H,1-3H3;2-8H,1H3,(H,16,17). The summed E-state index contributed by atoms with van der Waals surface area (Å²) in [7, 11) is 0. The number of carbonyl (C=O) groups excluding carboxylic acids is 2. The van der Waals surface area contributed by atoms with Crippen LogP contribution in [0.25, 0.3) is 22.3 Å². The molecule has 6 aromatic rings. The summed E-state index contributed by atoms with van der Waals surface area (Å²) in [5.74, 6) is -1.68. The molecule has 0 bridgehead atoms. The van der Waals surface area contributed by atoms with Gasteiger partial charge in [-0.25, -0.2) is 4.79 Å². The molecule has 2 amide bonds. The number of aromatic carboxylic acids is 1. The maximum atomic E-state index is 11.8. The summed E-state index contributed by atoms with van der Waals surface area (Å²) >= 11 is 0. The highest BCUT2D eigenvalue weighted by molar-refractivity contribution is 5.99. The number of nitrogens with one attached hydrogen (secondary N) is 2. The molecule has 54 heavy (non-hydrogen) atoms. The van der Waals surface area contributed by atoms with E-state index in [1.807, 2.05) is 38.1 Å². The Balaban J connectivity index is 0.000000182. The molecule has 0 aliphatic carbocycles. The molecule has 0 heterocycles. The summed E-state index contributed by atoms with van der Waals surface area (Å²) in [6.45, 7) is 12.0. The molecule has 0 aromatic heterocycles. The van der Waals surface area contributed by atoms with Crippen LogP contribution in [-0.2, 0) is 0 Å². The maximum Gasteiger partial charge on any atom is 0.335 e. The fourth-order valence-electron chi connectivity index (χ4n) is 5.13. The number of benzene rings is 6. The highest BCUT2D eigenvalue weighted by Gasteiger charge is 2.12. The first-order valence-corrected chi connectivity index (χ1v) is 17.2. The average molecular weight is 722 g/mol. The smallest absolute Gasteiger partial charge is 0.335 e. The van der Waals surface area contributed by atoms with Crippen LogP contribution in [0.3, 0.4) is 0 Å². The van der Waals surface area contributed by atoms with Crippen LogP contribution in [0, 0.1) is 51.7 Å². The Hall–Kier alpha value is -6.87. The predicted octanol–water partition coefficient (Wildman–Crippen LogP) is 9.93. The molecule has 6 rings (SSSR count). The lowest BCUT2D eigenvalue weighted by atomic mass is 10.00. The average Bonchev–Trinajstić information content (AvgIpc) is 3.16. The number of aryl methyl sites for hydroxylation is 6. The van der Waals surface area contributed by atoms with Gasteiger partial charge in [-0.2, -0.15) is 0 Å². The van der Waals surface area contributed by atoms with Crippen molar-refractivity contribution in [3.8, 4) is 22.3 Å². The van der Waals surface area contributed by atoms with Crippen molar-refractivity contribution in [2.45, 2.75) is 41.5 Å². The fraction of sp³-hybridized carbons (Fsp3) is 0.133. The van der Waals surface area contributed by atoms with Gasteiger partial charge in [-0.3, -0.25) is 30.6 Å². The molecule has 9 heteroatoms. The van der Waals surface area contributed by atoms with E-state index >= 15 is 0 Å². The molecule has 6 aromatic carbocycles. The zero-order valence-corrected chi connectivity index (χ0v) is 31.1. The predicted molar refractivity (Wildman–Crippen MR) is 214 cm³/mol. The molecule has 0 atom stereocenters. The molecule has 0 radical (unpaired) electrons. The molecule has 0 aliphatic rings. The topological polar surface area (TPSA) is 139 Å². The summed E-state index contributed by atoms with van der Waals surface area (Å²) in [5, 5.41) is 19.7. The number of hydrogen-bond donors (Lipinski definition) is 3. The third-order valence-corrected chi connectivity index (χ3v) is 8.68. The van der Waals surface area contributed by atoms with E-state index in [-0.39, 0.29) is 23.1 Å². The number of carbonyl (C=O) groups is 3. The number of nitrogens with zero attached hydrogens (tertiary/aromatic N) is 1. The number of amides is 2. The van der Waals surface area contributed by atoms with Gasteiger partial charge in [0.1, 0.15) is 0 Å². The van der Waals surface area contributed by atoms with Gasteiger partial charge < -0.3 is 5.11 Å². The van der Waals surface area contributed by atoms with Crippen molar-refractivity contribution in [1.82, 2.24) is 10.9 Å². The molecule has 0 saturated heterocycles. The molecule has 0 fully saturated rings. The third-order valence-electron chi connectivity index (χ3n) is 8.68. The van der Waals surface area contributed by atoms with Gasteiger partial charge in [-0.1, -0.05) is 108 Å². The Morgan fingerprint density at radius 1 is 0.463 bits per heavy atom. The highest BCUT2D eigenvalue weighted by Crippen LogP contribution is 2.27. The van der Waals surface area contributed by atoms with E-state index in [4.69, 9.17) is 5.11 Å². The Labute approximate surface area is 315 Å². The van der Waals surface area contributed by atoms with Gasteiger partial charge in [-0.15, -0.1) is 0 Å². The zero-order valence-electron chi connectivity index (χ0n) is 31.1. The minimum absolute atomic E-state index is 0.0554. The van der Waals surface area contributed by atoms with Crippen molar-refractivity contribution in [3.05, 3.63) is 194 Å². The second kappa shape index (κ2) is 18.6. The van der Waals surface area contributed by atoms with E-state index in [0.717, 1.165) is 16.7 Å². The summed E-state index contributed by atoms with van der Waals surface area (Å²) in [6, 6.07) is 40.7. The summed E-state index contributed by atoms with van der Waals surface area (Å²) in [5.41, 5.74) is 16.8. The molecule has 9 nitrogen and oxygen atoms in total. The second-order valence-corrected chi connectivity index (χ2v) is 12.9. The molecule has 0 spiro atoms. The lowest BCUT2D eigenvalue weighted by molar-refractivity contribution is -0.385. The van der Waals surface area contributed by atoms with E-state index in [1.54, 1.807) is 55.5 Å². The fourth-order valence-corrected chi connectivity index (χ4v) is 5.13. The van der Waals surface area contributed by atoms with Crippen LogP contribution in [0.4, 0.5) is 5.69 Å². The highest BCUT2D eigenvalue weighted by atomic mass is 16.6. The summed E-state index contributed by atoms with van der Waals surface area (Å²) < 4.78 is 0. The van der Waals surface area contributed by atoms with E-state index in [2.05, 4.69) is 74.1 Å². The number of nitro benzene ring substituents is 1. The first kappa shape index (κ1) is 39.9. The third kappa shape index (κ3) is 11.3. The summed E-state index contributed by atoms with van der Waals surface area (Å²) in [4.78, 5) is 44.8. The Morgan fingerprint density at radius 2 is 0.815 bits per heavy atom. The lowest BCUT2D eigenvalue weighted by Gasteiger charge is -2.07. The van der Waals surface area contributed by atoms with Crippen molar-refractivity contribution in [1.29, 1.82) is 0 Å². The van der Waals surface area contributed by atoms with Crippen LogP contribution in [0.2, 0.25) is 0 Å². The van der Waals surface area contributed by atoms with Gasteiger partial charge in [0.2, 0.25) is 0 Å². The first-order valence-electron chi connectivity index (χ1n) is 17.2. The van der Waals surface area contributed by atoms with Gasteiger partial charge in [0.05, 0.1) is 10.5 Å². The zero-order chi connectivity index (χ0) is 39.4. The monoisotopic (exact) mass is 721 g/mol. The summed E-state index contributed by atoms with van der Waals surface area (Å²) in [6.07, 6.45) is 0. The number of rotatable bonds is 6. The van der Waals surface area contributed by atoms with Crippen LogP contribution >= 0.6 is 0 Å². The van der Waals surface area contributed by atoms with Crippen LogP contribution in [0.1, 0.15) is 64.5 Å². The molecule has 0 unspecified atom stereocenters. The minimum atomic E-state index is -0.999. The minimum Gasteiger partial charge on any atom is -0.478 e. The van der Waals surface area contributed by atoms with Crippen molar-refractivity contribution in [2.75, 3.05) is 0 Å². The normalized spacial score (nSPS) is 10.1. The van der Waals surface area contributed by atoms with E-state index in [1.165, 1.54) is 46.0 Å². The lowest BCUT2D eigenvalue weighted by Crippen LogP contribution is -2.41. The Kier molecular flexibility index (Phi) is 13.7. The van der Waals surface area contributed by atoms with Crippen molar-refractivity contribution >= 4 is 23.5 Å². The molecule has 274 valence electrons. The largest absolute Gasteiger partial charge is 0.478 e. The van der Waals surface area contributed by atoms with Gasteiger partial charge in [0, 0.05) is 22.8 Å². The molecule has 3 N–H and O–H groups in total. The first-order chi connectivity index (χ1) is 25.7. The van der Waals surface area contributed by atoms with Crippen molar-refractivity contribution < 1.29 is 24.4 Å². The SMILES string of the molecule is Cc1ccc(-c2ccc(C(=O)O)cc2)cc1[N+](=O)[O-].Cc1ccc(-c2ccc(C)c(C)c2)cc1.Cc1ccc(C(=O)NNC(=O)c2ccc(C)cc2)cc1. The maximum absolute atomic E-state index is 11.8. The van der Waals surface area contributed by atoms with E-state index < -0.39 is 10.9 Å². The number of hydrogen-bond acceptors (Lipinski definition) is 5. The van der Waals surface area contributed by atoms with Crippen LogP contribution in [0.15, 0.2) is 133 Å². The second-order valence-electron chi connectivity index (χ2n) is 12.9. The quantitative estimate of drug-likeness (QED) is 0.116. The van der Waals surface area contributed by atoms with Gasteiger partial charge in [0.25, 0.3) is 17.5 Å². The van der Waals surface area contributed by atoms with Crippen LogP contribution in [0.5, 0.6) is 0 Å². The number of carboxylic acids is 1. The van der Waals surface area contributed by atoms with Gasteiger partial charge in [-0.05, 0) is 111 Å². The molecular formula is C45H43N3O6. The van der Waals surface area contributed by atoms with Gasteiger partial charge in [0.15, 0.2) is 0 Å². The Morgan fingerprint density at radius 3 is 1.22 bits per heavy atom. The number of nitro groups is 1. The van der Waals surface area contributed by atoms with Crippen LogP contribution < -0.4 is 10.9 Å². The Bertz CT molecular complexity index is 2190. The molecule has 0 saturated carbocycles. The van der Waals surface area contributed by atoms with Gasteiger partial charge >= 0.3 is 5.97 Å². The van der Waals surface area contributed by atoms with Crippen molar-refractivity contribution in [2.24, 2.45) is 0 Å². The molecule has 0 aliphatic heterocycles.